The Bertz CT molecular complexity index is 431. The predicted molar refractivity (Wildman–Crippen MR) is 84.5 cm³/mol. The highest BCUT2D eigenvalue weighted by Crippen LogP contribution is 2.23. The Kier molecular flexibility index (Phi) is 5.46. The Morgan fingerprint density at radius 2 is 2.09 bits per heavy atom. The van der Waals surface area contributed by atoms with Crippen molar-refractivity contribution in [1.82, 2.24) is 19.9 Å². The normalized spacial score (nSPS) is 26.5. The fraction of sp³-hybridized carbons (Fsp3) is 0.812. The lowest BCUT2D eigenvalue weighted by Gasteiger charge is -2.47. The summed E-state index contributed by atoms with van der Waals surface area (Å²) < 4.78 is 4.92. The summed E-state index contributed by atoms with van der Waals surface area (Å²) in [5, 5.41) is 13.5. The molecule has 2 aliphatic rings. The molecule has 22 heavy (non-hydrogen) atoms. The van der Waals surface area contributed by atoms with E-state index in [9.17, 15) is 5.11 Å². The van der Waals surface area contributed by atoms with Crippen molar-refractivity contribution in [3.8, 4) is 0 Å². The SMILES string of the molecule is CN1CCC(N2CCN(Cc3ccon3)CC2CCO)CC1. The molecule has 1 aromatic rings. The van der Waals surface area contributed by atoms with Crippen LogP contribution in [-0.4, -0.2) is 83.4 Å². The molecule has 1 aromatic heterocycles. The number of likely N-dealkylation sites (tertiary alicyclic amines) is 1. The van der Waals surface area contributed by atoms with Gasteiger partial charge in [-0.1, -0.05) is 5.16 Å². The predicted octanol–water partition coefficient (Wildman–Crippen LogP) is 0.637. The number of nitrogens with zero attached hydrogens (tertiary/aromatic N) is 4. The van der Waals surface area contributed by atoms with E-state index in [4.69, 9.17) is 4.52 Å². The lowest BCUT2D eigenvalue weighted by Crippen LogP contribution is -2.58. The summed E-state index contributed by atoms with van der Waals surface area (Å²) in [5.41, 5.74) is 0.996. The quantitative estimate of drug-likeness (QED) is 0.861. The number of aliphatic hydroxyl groups excluding tert-OH is 1. The molecule has 1 N–H and O–H groups in total. The summed E-state index contributed by atoms with van der Waals surface area (Å²) in [4.78, 5) is 7.50. The minimum Gasteiger partial charge on any atom is -0.396 e. The maximum Gasteiger partial charge on any atom is 0.124 e. The number of piperazine rings is 1. The van der Waals surface area contributed by atoms with Crippen LogP contribution in [0.1, 0.15) is 25.0 Å². The molecule has 2 fully saturated rings. The average molecular weight is 308 g/mol. The molecule has 1 atom stereocenters. The molecule has 0 saturated carbocycles. The van der Waals surface area contributed by atoms with Gasteiger partial charge in [0.05, 0.1) is 5.69 Å². The molecule has 6 heteroatoms. The Morgan fingerprint density at radius 1 is 1.27 bits per heavy atom. The molecule has 2 aliphatic heterocycles. The van der Waals surface area contributed by atoms with Crippen LogP contribution in [0.3, 0.4) is 0 Å². The number of piperidine rings is 1. The van der Waals surface area contributed by atoms with E-state index < -0.39 is 0 Å². The van der Waals surface area contributed by atoms with Crippen LogP contribution in [-0.2, 0) is 6.54 Å². The Hall–Kier alpha value is -0.950. The average Bonchev–Trinajstić information content (AvgIpc) is 3.02. The Morgan fingerprint density at radius 3 is 2.77 bits per heavy atom. The highest BCUT2D eigenvalue weighted by Gasteiger charge is 2.33. The second-order valence-electron chi connectivity index (χ2n) is 6.66. The van der Waals surface area contributed by atoms with Crippen LogP contribution in [0.15, 0.2) is 16.9 Å². The van der Waals surface area contributed by atoms with E-state index in [1.807, 2.05) is 6.07 Å². The van der Waals surface area contributed by atoms with Crippen LogP contribution in [0.25, 0.3) is 0 Å². The van der Waals surface area contributed by atoms with Gasteiger partial charge in [-0.05, 0) is 39.4 Å². The minimum absolute atomic E-state index is 0.269. The van der Waals surface area contributed by atoms with Gasteiger partial charge in [0.25, 0.3) is 0 Å². The molecular weight excluding hydrogens is 280 g/mol. The molecule has 3 rings (SSSR count). The van der Waals surface area contributed by atoms with Crippen LogP contribution in [0.4, 0.5) is 0 Å². The third-order valence-corrected chi connectivity index (χ3v) is 5.11. The molecular formula is C16H28N4O2. The van der Waals surface area contributed by atoms with E-state index in [0.717, 1.165) is 38.3 Å². The van der Waals surface area contributed by atoms with Gasteiger partial charge in [0.15, 0.2) is 0 Å². The summed E-state index contributed by atoms with van der Waals surface area (Å²) in [6, 6.07) is 3.07. The van der Waals surface area contributed by atoms with Crippen molar-refractivity contribution >= 4 is 0 Å². The van der Waals surface area contributed by atoms with Gasteiger partial charge < -0.3 is 14.5 Å². The summed E-state index contributed by atoms with van der Waals surface area (Å²) in [6.07, 6.45) is 5.00. The van der Waals surface area contributed by atoms with Crippen LogP contribution in [0.5, 0.6) is 0 Å². The van der Waals surface area contributed by atoms with Crippen molar-refractivity contribution in [1.29, 1.82) is 0 Å². The first-order valence-corrected chi connectivity index (χ1v) is 8.43. The summed E-state index contributed by atoms with van der Waals surface area (Å²) in [6.45, 7) is 6.67. The summed E-state index contributed by atoms with van der Waals surface area (Å²) in [7, 11) is 2.21. The van der Waals surface area contributed by atoms with E-state index in [1.165, 1.54) is 25.9 Å². The van der Waals surface area contributed by atoms with Crippen molar-refractivity contribution in [2.45, 2.75) is 37.9 Å². The first kappa shape index (κ1) is 15.9. The van der Waals surface area contributed by atoms with E-state index in [1.54, 1.807) is 6.26 Å². The standard InChI is InChI=1S/C16H28N4O2/c1-18-6-2-15(3-7-18)20-9-8-19(13-16(20)4-10-21)12-14-5-11-22-17-14/h5,11,15-16,21H,2-4,6-10,12-13H2,1H3. The topological polar surface area (TPSA) is 56.0 Å². The molecule has 0 bridgehead atoms. The van der Waals surface area contributed by atoms with Crippen molar-refractivity contribution in [3.63, 3.8) is 0 Å². The van der Waals surface area contributed by atoms with E-state index in [0.29, 0.717) is 12.1 Å². The molecule has 0 spiro atoms. The van der Waals surface area contributed by atoms with E-state index >= 15 is 0 Å². The number of hydrogen-bond acceptors (Lipinski definition) is 6. The largest absolute Gasteiger partial charge is 0.396 e. The molecule has 0 amide bonds. The van der Waals surface area contributed by atoms with Gasteiger partial charge in [0.1, 0.15) is 6.26 Å². The van der Waals surface area contributed by atoms with Crippen LogP contribution >= 0.6 is 0 Å². The van der Waals surface area contributed by atoms with Crippen molar-refractivity contribution < 1.29 is 9.63 Å². The van der Waals surface area contributed by atoms with Gasteiger partial charge >= 0.3 is 0 Å². The summed E-state index contributed by atoms with van der Waals surface area (Å²) in [5.74, 6) is 0. The zero-order chi connectivity index (χ0) is 15.4. The molecule has 6 nitrogen and oxygen atoms in total. The third-order valence-electron chi connectivity index (χ3n) is 5.11. The zero-order valence-corrected chi connectivity index (χ0v) is 13.5. The van der Waals surface area contributed by atoms with Crippen LogP contribution in [0.2, 0.25) is 0 Å². The minimum atomic E-state index is 0.269. The maximum absolute atomic E-state index is 9.44. The fourth-order valence-electron chi connectivity index (χ4n) is 3.84. The number of aliphatic hydroxyl groups is 1. The van der Waals surface area contributed by atoms with Crippen molar-refractivity contribution in [3.05, 3.63) is 18.0 Å². The second-order valence-corrected chi connectivity index (χ2v) is 6.66. The lowest BCUT2D eigenvalue weighted by atomic mass is 9.98. The number of rotatable bonds is 5. The smallest absolute Gasteiger partial charge is 0.124 e. The molecule has 0 aromatic carbocycles. The van der Waals surface area contributed by atoms with Crippen LogP contribution in [0, 0.1) is 0 Å². The van der Waals surface area contributed by atoms with E-state index in [2.05, 4.69) is 26.9 Å². The molecule has 1 unspecified atom stereocenters. The van der Waals surface area contributed by atoms with Gasteiger partial charge in [-0.3, -0.25) is 9.80 Å². The highest BCUT2D eigenvalue weighted by atomic mass is 16.5. The zero-order valence-electron chi connectivity index (χ0n) is 13.5. The third kappa shape index (κ3) is 3.87. The molecule has 0 aliphatic carbocycles. The fourth-order valence-corrected chi connectivity index (χ4v) is 3.84. The summed E-state index contributed by atoms with van der Waals surface area (Å²) >= 11 is 0. The van der Waals surface area contributed by atoms with Crippen molar-refractivity contribution in [2.24, 2.45) is 0 Å². The monoisotopic (exact) mass is 308 g/mol. The number of hydrogen-bond donors (Lipinski definition) is 1. The maximum atomic E-state index is 9.44. The van der Waals surface area contributed by atoms with Gasteiger partial charge in [0.2, 0.25) is 0 Å². The Labute approximate surface area is 132 Å². The first-order valence-electron chi connectivity index (χ1n) is 8.43. The Balaban J connectivity index is 1.58. The van der Waals surface area contributed by atoms with Crippen molar-refractivity contribution in [2.75, 3.05) is 46.4 Å². The molecule has 3 heterocycles. The van der Waals surface area contributed by atoms with E-state index in [-0.39, 0.29) is 6.61 Å². The second kappa shape index (κ2) is 7.55. The number of aromatic nitrogens is 1. The lowest BCUT2D eigenvalue weighted by molar-refractivity contribution is 0.00541. The van der Waals surface area contributed by atoms with Crippen LogP contribution < -0.4 is 0 Å². The first-order chi connectivity index (χ1) is 10.8. The molecule has 124 valence electrons. The molecule has 0 radical (unpaired) electrons. The highest BCUT2D eigenvalue weighted by molar-refractivity contribution is 4.97. The van der Waals surface area contributed by atoms with Gasteiger partial charge in [-0.2, -0.15) is 0 Å². The van der Waals surface area contributed by atoms with Gasteiger partial charge in [-0.15, -0.1) is 0 Å². The van der Waals surface area contributed by atoms with Gasteiger partial charge in [0, 0.05) is 50.9 Å². The molecule has 2 saturated heterocycles. The van der Waals surface area contributed by atoms with Gasteiger partial charge in [-0.25, -0.2) is 0 Å².